The van der Waals surface area contributed by atoms with Crippen molar-refractivity contribution in [2.45, 2.75) is 59.7 Å². The van der Waals surface area contributed by atoms with E-state index in [1.807, 2.05) is 32.9 Å². The highest BCUT2D eigenvalue weighted by atomic mass is 35.5. The van der Waals surface area contributed by atoms with Crippen molar-refractivity contribution in [3.05, 3.63) is 63.1 Å². The summed E-state index contributed by atoms with van der Waals surface area (Å²) in [6.45, 7) is 8.67. The molecule has 2 aromatic rings. The van der Waals surface area contributed by atoms with E-state index in [4.69, 9.17) is 23.2 Å². The molecule has 0 spiro atoms. The Bertz CT molecular complexity index is 1240. The first kappa shape index (κ1) is 30.9. The van der Waals surface area contributed by atoms with Gasteiger partial charge < -0.3 is 10.2 Å². The van der Waals surface area contributed by atoms with Crippen LogP contribution in [0.3, 0.4) is 0 Å². The van der Waals surface area contributed by atoms with Crippen LogP contribution in [0.25, 0.3) is 0 Å². The molecule has 0 radical (unpaired) electrons. The maximum absolute atomic E-state index is 13.9. The van der Waals surface area contributed by atoms with Gasteiger partial charge in [-0.05, 0) is 69.0 Å². The largest absolute Gasteiger partial charge is 0.352 e. The number of amides is 2. The normalized spacial score (nSPS) is 12.5. The zero-order chi connectivity index (χ0) is 28.1. The summed E-state index contributed by atoms with van der Waals surface area (Å²) >= 11 is 12.3. The minimum absolute atomic E-state index is 0.0440. The Morgan fingerprint density at radius 3 is 2.19 bits per heavy atom. The smallest absolute Gasteiger partial charge is 0.304 e. The number of hydrogen-bond acceptors (Lipinski definition) is 4. The SMILES string of the molecule is CCC(C(=O)NC(C)C)N(Cc1ccc(Cl)c(Cl)c1)C(=O)CN(c1cc(C)ccc1C)S(=O)(=O)N(C)C. The third-order valence-electron chi connectivity index (χ3n) is 5.81. The summed E-state index contributed by atoms with van der Waals surface area (Å²) in [5.41, 5.74) is 2.61. The molecule has 0 aliphatic carbocycles. The summed E-state index contributed by atoms with van der Waals surface area (Å²) in [7, 11) is -1.21. The second-order valence-corrected chi connectivity index (χ2v) is 12.3. The molecule has 37 heavy (non-hydrogen) atoms. The molecular weight excluding hydrogens is 535 g/mol. The first-order valence-corrected chi connectivity index (χ1v) is 14.2. The number of rotatable bonds is 11. The van der Waals surface area contributed by atoms with E-state index < -0.39 is 28.7 Å². The van der Waals surface area contributed by atoms with E-state index in [9.17, 15) is 18.0 Å². The van der Waals surface area contributed by atoms with Crippen LogP contribution in [0.2, 0.25) is 10.0 Å². The van der Waals surface area contributed by atoms with Crippen LogP contribution in [0, 0.1) is 13.8 Å². The zero-order valence-corrected chi connectivity index (χ0v) is 24.7. The van der Waals surface area contributed by atoms with Crippen molar-refractivity contribution in [1.29, 1.82) is 0 Å². The fourth-order valence-electron chi connectivity index (χ4n) is 3.82. The minimum Gasteiger partial charge on any atom is -0.352 e. The molecule has 0 fully saturated rings. The van der Waals surface area contributed by atoms with Crippen molar-refractivity contribution in [3.63, 3.8) is 0 Å². The molecule has 204 valence electrons. The Labute approximate surface area is 230 Å². The highest BCUT2D eigenvalue weighted by Crippen LogP contribution is 2.27. The number of nitrogens with zero attached hydrogens (tertiary/aromatic N) is 3. The number of hydrogen-bond donors (Lipinski definition) is 1. The first-order valence-electron chi connectivity index (χ1n) is 12.0. The molecule has 2 amide bonds. The molecular formula is C26H36Cl2N4O4S. The van der Waals surface area contributed by atoms with Gasteiger partial charge in [0.05, 0.1) is 15.7 Å². The summed E-state index contributed by atoms with van der Waals surface area (Å²) in [6, 6.07) is 9.44. The number of carbonyl (C=O) groups is 2. The second kappa shape index (κ2) is 13.0. The van der Waals surface area contributed by atoms with Crippen LogP contribution in [-0.2, 0) is 26.3 Å². The summed E-state index contributed by atoms with van der Waals surface area (Å²) in [6.07, 6.45) is 0.329. The van der Waals surface area contributed by atoms with Gasteiger partial charge in [0.1, 0.15) is 12.6 Å². The number of carbonyl (C=O) groups excluding carboxylic acids is 2. The van der Waals surface area contributed by atoms with Crippen molar-refractivity contribution in [1.82, 2.24) is 14.5 Å². The molecule has 0 saturated heterocycles. The lowest BCUT2D eigenvalue weighted by atomic mass is 10.1. The van der Waals surface area contributed by atoms with Gasteiger partial charge in [-0.3, -0.25) is 9.59 Å². The fraction of sp³-hybridized carbons (Fsp3) is 0.462. The molecule has 2 rings (SSSR count). The molecule has 11 heteroatoms. The molecule has 1 N–H and O–H groups in total. The summed E-state index contributed by atoms with van der Waals surface area (Å²) in [4.78, 5) is 28.4. The van der Waals surface area contributed by atoms with Gasteiger partial charge >= 0.3 is 10.2 Å². The van der Waals surface area contributed by atoms with Crippen molar-refractivity contribution in [3.8, 4) is 0 Å². The molecule has 0 aliphatic heterocycles. The molecule has 1 atom stereocenters. The molecule has 0 aromatic heterocycles. The van der Waals surface area contributed by atoms with Gasteiger partial charge in [-0.15, -0.1) is 0 Å². The lowest BCUT2D eigenvalue weighted by Crippen LogP contribution is -2.54. The van der Waals surface area contributed by atoms with Crippen LogP contribution >= 0.6 is 23.2 Å². The molecule has 1 unspecified atom stereocenters. The van der Waals surface area contributed by atoms with Crippen molar-refractivity contribution >= 4 is 50.9 Å². The van der Waals surface area contributed by atoms with Crippen molar-refractivity contribution < 1.29 is 18.0 Å². The van der Waals surface area contributed by atoms with Crippen LogP contribution in [0.4, 0.5) is 5.69 Å². The molecule has 8 nitrogen and oxygen atoms in total. The summed E-state index contributed by atoms with van der Waals surface area (Å²) < 4.78 is 28.9. The van der Waals surface area contributed by atoms with E-state index >= 15 is 0 Å². The van der Waals surface area contributed by atoms with E-state index in [1.165, 1.54) is 19.0 Å². The third-order valence-corrected chi connectivity index (χ3v) is 8.35. The van der Waals surface area contributed by atoms with Crippen LogP contribution in [0.1, 0.15) is 43.9 Å². The zero-order valence-electron chi connectivity index (χ0n) is 22.4. The van der Waals surface area contributed by atoms with Crippen LogP contribution < -0.4 is 9.62 Å². The number of nitrogens with one attached hydrogen (secondary N) is 1. The van der Waals surface area contributed by atoms with E-state index in [2.05, 4.69) is 5.32 Å². The first-order chi connectivity index (χ1) is 17.2. The van der Waals surface area contributed by atoms with E-state index in [0.717, 1.165) is 14.2 Å². The van der Waals surface area contributed by atoms with Gasteiger partial charge in [-0.2, -0.15) is 12.7 Å². The lowest BCUT2D eigenvalue weighted by Gasteiger charge is -2.34. The fourth-order valence-corrected chi connectivity index (χ4v) is 5.26. The number of aryl methyl sites for hydroxylation is 2. The number of halogens is 2. The van der Waals surface area contributed by atoms with E-state index in [1.54, 1.807) is 38.1 Å². The van der Waals surface area contributed by atoms with Gasteiger partial charge in [0.15, 0.2) is 0 Å². The molecule has 0 saturated carbocycles. The predicted molar refractivity (Wildman–Crippen MR) is 150 cm³/mol. The quantitative estimate of drug-likeness (QED) is 0.429. The van der Waals surface area contributed by atoms with E-state index in [-0.39, 0.29) is 18.5 Å². The average molecular weight is 572 g/mol. The molecule has 2 aromatic carbocycles. The minimum atomic E-state index is -4.04. The Kier molecular flexibility index (Phi) is 10.8. The molecule has 0 bridgehead atoms. The van der Waals surface area contributed by atoms with Crippen LogP contribution in [0.5, 0.6) is 0 Å². The van der Waals surface area contributed by atoms with Gasteiger partial charge in [-0.25, -0.2) is 4.31 Å². The highest BCUT2D eigenvalue weighted by molar-refractivity contribution is 7.90. The average Bonchev–Trinajstić information content (AvgIpc) is 2.80. The predicted octanol–water partition coefficient (Wildman–Crippen LogP) is 4.56. The van der Waals surface area contributed by atoms with Crippen LogP contribution in [0.15, 0.2) is 36.4 Å². The lowest BCUT2D eigenvalue weighted by molar-refractivity contribution is -0.140. The molecule has 0 aliphatic rings. The Hall–Kier alpha value is -2.33. The monoisotopic (exact) mass is 570 g/mol. The number of anilines is 1. The van der Waals surface area contributed by atoms with Crippen LogP contribution in [-0.4, -0.2) is 62.2 Å². The van der Waals surface area contributed by atoms with Crippen molar-refractivity contribution in [2.75, 3.05) is 24.9 Å². The van der Waals surface area contributed by atoms with Crippen molar-refractivity contribution in [2.24, 2.45) is 0 Å². The Morgan fingerprint density at radius 2 is 1.65 bits per heavy atom. The standard InChI is InChI=1S/C26H36Cl2N4O4S/c1-8-23(26(34)29-17(2)3)31(15-20-11-12-21(27)22(28)14-20)25(33)16-32(37(35,36)30(6)7)24-13-18(4)9-10-19(24)5/h9-14,17,23H,8,15-16H2,1-7H3,(H,29,34). The van der Waals surface area contributed by atoms with Gasteiger partial charge in [0.25, 0.3) is 0 Å². The third kappa shape index (κ3) is 7.83. The highest BCUT2D eigenvalue weighted by Gasteiger charge is 2.34. The summed E-state index contributed by atoms with van der Waals surface area (Å²) in [5.74, 6) is -0.845. The summed E-state index contributed by atoms with van der Waals surface area (Å²) in [5, 5.41) is 3.55. The van der Waals surface area contributed by atoms with Gasteiger partial charge in [0.2, 0.25) is 11.8 Å². The molecule has 0 heterocycles. The second-order valence-electron chi connectivity index (χ2n) is 9.44. The van der Waals surface area contributed by atoms with E-state index in [0.29, 0.717) is 33.3 Å². The topological polar surface area (TPSA) is 90.0 Å². The number of benzene rings is 2. The van der Waals surface area contributed by atoms with Gasteiger partial charge in [-0.1, -0.05) is 48.3 Å². The maximum atomic E-state index is 13.9. The van der Waals surface area contributed by atoms with Gasteiger partial charge in [0, 0.05) is 26.7 Å². The Morgan fingerprint density at radius 1 is 1.00 bits per heavy atom. The Balaban J connectivity index is 2.58. The maximum Gasteiger partial charge on any atom is 0.304 e.